The van der Waals surface area contributed by atoms with Gasteiger partial charge in [-0.3, -0.25) is 20.4 Å². The van der Waals surface area contributed by atoms with Crippen molar-refractivity contribution in [1.29, 1.82) is 0 Å². The molecule has 6 amide bonds. The molecule has 0 aliphatic rings. The lowest BCUT2D eigenvalue weighted by Crippen LogP contribution is -2.59. The number of benzene rings is 2. The second kappa shape index (κ2) is 9.28. The van der Waals surface area contributed by atoms with Gasteiger partial charge >= 0.3 is 23.9 Å². The highest BCUT2D eigenvalue weighted by molar-refractivity contribution is 6.35. The monoisotopic (exact) mass is 386 g/mol. The number of carbonyl (C=O) groups is 4. The Labute approximate surface area is 159 Å². The molecule has 12 heteroatoms. The Kier molecular flexibility index (Phi) is 6.58. The summed E-state index contributed by atoms with van der Waals surface area (Å²) in [4.78, 5) is 47.0. The van der Waals surface area contributed by atoms with Crippen LogP contribution in [-0.4, -0.2) is 34.1 Å². The molecule has 0 aromatic heterocycles. The molecule has 2 aromatic carbocycles. The van der Waals surface area contributed by atoms with Crippen LogP contribution in [0.15, 0.2) is 60.7 Å². The lowest BCUT2D eigenvalue weighted by Gasteiger charge is -2.24. The van der Waals surface area contributed by atoms with E-state index in [4.69, 9.17) is 11.5 Å². The minimum atomic E-state index is -1.29. The van der Waals surface area contributed by atoms with Crippen molar-refractivity contribution >= 4 is 35.3 Å². The summed E-state index contributed by atoms with van der Waals surface area (Å²) in [7, 11) is 0. The molecular weight excluding hydrogens is 368 g/mol. The topological polar surface area (TPSA) is 175 Å². The maximum absolute atomic E-state index is 12.0. The van der Waals surface area contributed by atoms with Crippen LogP contribution >= 0.6 is 0 Å². The summed E-state index contributed by atoms with van der Waals surface area (Å²) in [6.45, 7) is 0. The third kappa shape index (κ3) is 5.80. The minimum Gasteiger partial charge on any atom is -0.349 e. The van der Waals surface area contributed by atoms with Crippen LogP contribution in [0.25, 0.3) is 0 Å². The first kappa shape index (κ1) is 19.8. The van der Waals surface area contributed by atoms with Crippen LogP contribution in [0.4, 0.5) is 21.0 Å². The number of urea groups is 2. The summed E-state index contributed by atoms with van der Waals surface area (Å²) in [6.07, 6.45) is 0. The Balaban J connectivity index is 1.99. The number of amides is 6. The molecule has 0 unspecified atom stereocenters. The average molecular weight is 386 g/mol. The number of hydrazine groups is 4. The molecule has 0 heterocycles. The van der Waals surface area contributed by atoms with Gasteiger partial charge in [0.05, 0.1) is 11.4 Å². The number of hydrogen-bond acceptors (Lipinski definition) is 6. The fraction of sp³-hybridized carbons (Fsp3) is 0. The quantitative estimate of drug-likeness (QED) is 0.315. The Morgan fingerprint density at radius 3 is 1.21 bits per heavy atom. The predicted molar refractivity (Wildman–Crippen MR) is 99.3 cm³/mol. The zero-order chi connectivity index (χ0) is 20.5. The second-order valence-corrected chi connectivity index (χ2v) is 5.18. The van der Waals surface area contributed by atoms with Gasteiger partial charge in [0.1, 0.15) is 0 Å². The maximum Gasteiger partial charge on any atom is 0.353 e. The first-order chi connectivity index (χ1) is 13.4. The van der Waals surface area contributed by atoms with Gasteiger partial charge in [0.2, 0.25) is 0 Å². The average Bonchev–Trinajstić information content (AvgIpc) is 2.68. The highest BCUT2D eigenvalue weighted by Gasteiger charge is 2.23. The second-order valence-electron chi connectivity index (χ2n) is 5.18. The first-order valence-electron chi connectivity index (χ1n) is 7.81. The van der Waals surface area contributed by atoms with Crippen LogP contribution in [0.1, 0.15) is 0 Å². The van der Waals surface area contributed by atoms with Crippen LogP contribution in [0.2, 0.25) is 0 Å². The SMILES string of the molecule is NC(=O)N(NC(=O)C(=O)NN(Nc1ccccc1)C(N)=O)Nc1ccccc1. The predicted octanol–water partition coefficient (Wildman–Crippen LogP) is -0.136. The minimum absolute atomic E-state index is 0.423. The van der Waals surface area contributed by atoms with E-state index in [9.17, 15) is 19.2 Å². The molecule has 2 aromatic rings. The Morgan fingerprint density at radius 1 is 0.607 bits per heavy atom. The number of carbonyl (C=O) groups excluding carboxylic acids is 4. The summed E-state index contributed by atoms with van der Waals surface area (Å²) in [5.41, 5.74) is 20.1. The van der Waals surface area contributed by atoms with Gasteiger partial charge in [-0.1, -0.05) is 36.4 Å². The summed E-state index contributed by atoms with van der Waals surface area (Å²) in [5.74, 6) is -2.58. The van der Waals surface area contributed by atoms with Crippen molar-refractivity contribution in [3.05, 3.63) is 60.7 Å². The largest absolute Gasteiger partial charge is 0.353 e. The van der Waals surface area contributed by atoms with Crippen LogP contribution in [0, 0.1) is 0 Å². The van der Waals surface area contributed by atoms with Gasteiger partial charge in [-0.05, 0) is 24.3 Å². The number of nitrogens with two attached hydrogens (primary N) is 2. The Bertz CT molecular complexity index is 775. The molecule has 0 saturated heterocycles. The smallest absolute Gasteiger partial charge is 0.349 e. The van der Waals surface area contributed by atoms with Gasteiger partial charge in [0.15, 0.2) is 0 Å². The van der Waals surface area contributed by atoms with E-state index in [-0.39, 0.29) is 0 Å². The van der Waals surface area contributed by atoms with Crippen LogP contribution in [0.5, 0.6) is 0 Å². The van der Waals surface area contributed by atoms with E-state index >= 15 is 0 Å². The van der Waals surface area contributed by atoms with Crippen molar-refractivity contribution in [3.8, 4) is 0 Å². The molecule has 0 atom stereocenters. The standard InChI is InChI=1S/C16H18N8O4/c17-15(27)23(19-11-7-3-1-4-8-11)21-13(25)14(26)22-24(16(18)28)20-12-9-5-2-6-10-12/h1-10,19-20H,(H2,17,27)(H2,18,28)(H,21,25)(H,22,26). The molecule has 12 nitrogen and oxygen atoms in total. The van der Waals surface area contributed by atoms with Gasteiger partial charge < -0.3 is 11.5 Å². The lowest BCUT2D eigenvalue weighted by molar-refractivity contribution is -0.143. The van der Waals surface area contributed by atoms with Gasteiger partial charge in [-0.25, -0.2) is 20.4 Å². The molecule has 0 fully saturated rings. The molecular formula is C16H18N8O4. The van der Waals surface area contributed by atoms with Crippen molar-refractivity contribution in [1.82, 2.24) is 21.1 Å². The van der Waals surface area contributed by atoms with Crippen LogP contribution in [-0.2, 0) is 9.59 Å². The number of hydrogen-bond donors (Lipinski definition) is 6. The third-order valence-electron chi connectivity index (χ3n) is 3.10. The number of rotatable bonds is 4. The summed E-state index contributed by atoms with van der Waals surface area (Å²) in [6, 6.07) is 14.4. The maximum atomic E-state index is 12.0. The van der Waals surface area contributed by atoms with E-state index in [0.29, 0.717) is 21.6 Å². The summed E-state index contributed by atoms with van der Waals surface area (Å²) in [5, 5.41) is 1.02. The lowest BCUT2D eigenvalue weighted by atomic mass is 10.3. The van der Waals surface area contributed by atoms with Crippen molar-refractivity contribution in [3.63, 3.8) is 0 Å². The van der Waals surface area contributed by atoms with Crippen molar-refractivity contribution in [2.75, 3.05) is 10.9 Å². The molecule has 0 saturated carbocycles. The molecule has 0 aliphatic heterocycles. The van der Waals surface area contributed by atoms with E-state index in [1.54, 1.807) is 60.7 Å². The van der Waals surface area contributed by atoms with E-state index in [0.717, 1.165) is 0 Å². The zero-order valence-corrected chi connectivity index (χ0v) is 14.5. The molecule has 2 rings (SSSR count). The highest BCUT2D eigenvalue weighted by atomic mass is 16.2. The number of primary amides is 2. The van der Waals surface area contributed by atoms with E-state index < -0.39 is 23.9 Å². The molecule has 0 radical (unpaired) electrons. The Morgan fingerprint density at radius 2 is 0.929 bits per heavy atom. The number of para-hydroxylation sites is 2. The first-order valence-corrected chi connectivity index (χ1v) is 7.81. The summed E-state index contributed by atoms with van der Waals surface area (Å²) >= 11 is 0. The van der Waals surface area contributed by atoms with Gasteiger partial charge in [-0.15, -0.1) is 10.2 Å². The fourth-order valence-electron chi connectivity index (χ4n) is 1.86. The third-order valence-corrected chi connectivity index (χ3v) is 3.10. The van der Waals surface area contributed by atoms with Crippen molar-refractivity contribution in [2.24, 2.45) is 11.5 Å². The van der Waals surface area contributed by atoms with Crippen molar-refractivity contribution in [2.45, 2.75) is 0 Å². The van der Waals surface area contributed by atoms with Gasteiger partial charge in [0, 0.05) is 0 Å². The molecule has 0 spiro atoms. The number of anilines is 2. The fourth-order valence-corrected chi connectivity index (χ4v) is 1.86. The zero-order valence-electron chi connectivity index (χ0n) is 14.5. The highest BCUT2D eigenvalue weighted by Crippen LogP contribution is 2.06. The molecule has 0 bridgehead atoms. The van der Waals surface area contributed by atoms with Gasteiger partial charge in [-0.2, -0.15) is 0 Å². The van der Waals surface area contributed by atoms with Crippen LogP contribution in [0.3, 0.4) is 0 Å². The van der Waals surface area contributed by atoms with Crippen molar-refractivity contribution < 1.29 is 19.2 Å². The van der Waals surface area contributed by atoms with E-state index in [1.807, 2.05) is 10.9 Å². The number of nitrogens with one attached hydrogen (secondary N) is 4. The van der Waals surface area contributed by atoms with E-state index in [2.05, 4.69) is 10.9 Å². The van der Waals surface area contributed by atoms with Gasteiger partial charge in [0.25, 0.3) is 0 Å². The number of nitrogens with zero attached hydrogens (tertiary/aromatic N) is 2. The molecule has 0 aliphatic carbocycles. The van der Waals surface area contributed by atoms with Crippen LogP contribution < -0.4 is 33.2 Å². The summed E-state index contributed by atoms with van der Waals surface area (Å²) < 4.78 is 0. The Hall–Kier alpha value is -4.48. The molecule has 8 N–H and O–H groups in total. The van der Waals surface area contributed by atoms with E-state index in [1.165, 1.54) is 0 Å². The normalized spacial score (nSPS) is 9.57. The molecule has 146 valence electrons. The molecule has 28 heavy (non-hydrogen) atoms.